The number of hydrogen-bond donors (Lipinski definition) is 0. The zero-order valence-corrected chi connectivity index (χ0v) is 36.0. The molecule has 0 amide bonds. The summed E-state index contributed by atoms with van der Waals surface area (Å²) in [5.41, 5.74) is 16.4. The Morgan fingerprint density at radius 3 is 1.31 bits per heavy atom. The third-order valence-corrected chi connectivity index (χ3v) is 19.2. The van der Waals surface area contributed by atoms with Crippen LogP contribution in [0.25, 0.3) is 95.3 Å². The Labute approximate surface area is 371 Å². The van der Waals surface area contributed by atoms with Gasteiger partial charge in [0.25, 0.3) is 0 Å². The van der Waals surface area contributed by atoms with Crippen LogP contribution in [-0.2, 0) is 0 Å². The van der Waals surface area contributed by atoms with E-state index in [2.05, 4.69) is 167 Å². The summed E-state index contributed by atoms with van der Waals surface area (Å²) in [5, 5.41) is 10.8. The van der Waals surface area contributed by atoms with Crippen LogP contribution in [0.15, 0.2) is 177 Å². The lowest BCUT2D eigenvalue weighted by molar-refractivity contribution is 1.16. The molecule has 2 nitrogen and oxygen atoms in total. The van der Waals surface area contributed by atoms with Crippen LogP contribution < -0.4 is 32.8 Å². The second-order valence-electron chi connectivity index (χ2n) is 17.5. The van der Waals surface area contributed by atoms with Gasteiger partial charge in [-0.05, 0) is 93.3 Å². The summed E-state index contributed by atoms with van der Waals surface area (Å²) in [7, 11) is 0. The maximum absolute atomic E-state index is 2.62. The van der Waals surface area contributed by atoms with Crippen LogP contribution >= 0.6 is 46.2 Å². The van der Waals surface area contributed by atoms with Gasteiger partial charge in [-0.3, -0.25) is 0 Å². The van der Waals surface area contributed by atoms with Gasteiger partial charge in [0.15, 0.2) is 0 Å². The van der Waals surface area contributed by atoms with Gasteiger partial charge in [-0.15, -0.1) is 22.7 Å². The summed E-state index contributed by atoms with van der Waals surface area (Å²) in [6, 6.07) is 61.2. The summed E-state index contributed by atoms with van der Waals surface area (Å²) in [5.74, 6) is 0. The normalized spacial score (nSPS) is 14.3. The molecular formula is C54H26B2N2S4. The molecule has 0 N–H and O–H groups in total. The molecule has 4 aromatic heterocycles. The van der Waals surface area contributed by atoms with Crippen molar-refractivity contribution in [3.05, 3.63) is 158 Å². The van der Waals surface area contributed by atoms with Crippen molar-refractivity contribution in [1.29, 1.82) is 0 Å². The topological polar surface area (TPSA) is 9.86 Å². The smallest absolute Gasteiger partial charge is 0.249 e. The summed E-state index contributed by atoms with van der Waals surface area (Å²) < 4.78 is 10.7. The third kappa shape index (κ3) is 3.77. The Morgan fingerprint density at radius 2 is 0.790 bits per heavy atom. The lowest BCUT2D eigenvalue weighted by Gasteiger charge is -2.33. The average molecular weight is 853 g/mol. The molecular weight excluding hydrogens is 826 g/mol. The summed E-state index contributed by atoms with van der Waals surface area (Å²) >= 11 is 7.74. The first kappa shape index (κ1) is 32.5. The molecule has 0 atom stereocenters. The van der Waals surface area contributed by atoms with E-state index < -0.39 is 0 Å². The quantitative estimate of drug-likeness (QED) is 0.141. The maximum Gasteiger partial charge on any atom is 0.249 e. The van der Waals surface area contributed by atoms with Crippen molar-refractivity contribution in [1.82, 2.24) is 9.13 Å². The minimum Gasteiger partial charge on any atom is -0.310 e. The van der Waals surface area contributed by atoms with Crippen molar-refractivity contribution in [2.75, 3.05) is 0 Å². The summed E-state index contributed by atoms with van der Waals surface area (Å²) in [6.45, 7) is 0.333. The molecule has 62 heavy (non-hydrogen) atoms. The van der Waals surface area contributed by atoms with Gasteiger partial charge in [0.05, 0.1) is 11.0 Å². The molecule has 4 aliphatic rings. The lowest BCUT2D eigenvalue weighted by Crippen LogP contribution is -2.58. The van der Waals surface area contributed by atoms with E-state index in [0.717, 1.165) is 0 Å². The van der Waals surface area contributed by atoms with Crippen LogP contribution in [0.3, 0.4) is 0 Å². The largest absolute Gasteiger partial charge is 0.310 e. The van der Waals surface area contributed by atoms with E-state index in [1.54, 1.807) is 0 Å². The summed E-state index contributed by atoms with van der Waals surface area (Å²) in [4.78, 5) is 5.50. The van der Waals surface area contributed by atoms with E-state index in [0.29, 0.717) is 0 Å². The molecule has 8 heteroatoms. The Bertz CT molecular complexity index is 4050. The number of thiophene rings is 2. The predicted molar refractivity (Wildman–Crippen MR) is 271 cm³/mol. The van der Waals surface area contributed by atoms with Crippen LogP contribution in [0.1, 0.15) is 0 Å². The van der Waals surface area contributed by atoms with Crippen LogP contribution in [-0.4, -0.2) is 22.6 Å². The van der Waals surface area contributed by atoms with Crippen molar-refractivity contribution >= 4 is 176 Å². The molecule has 13 aromatic rings. The van der Waals surface area contributed by atoms with Gasteiger partial charge in [0.1, 0.15) is 0 Å². The second kappa shape index (κ2) is 11.1. The van der Waals surface area contributed by atoms with E-state index in [1.165, 1.54) is 148 Å². The van der Waals surface area contributed by atoms with Crippen molar-refractivity contribution in [3.63, 3.8) is 0 Å². The maximum atomic E-state index is 2.62. The Kier molecular flexibility index (Phi) is 5.81. The SMILES string of the molecule is c1cc2c3c(c1)-n1c4cc5c(cc4c4cccc(c41)B3c1cc3c(cc1S2)sc1ccccc13)c1cccc2c1n5-c1cccc3c1B2c1cc2c(cc1S3)sc1ccccc12. The molecule has 0 spiro atoms. The zero-order valence-electron chi connectivity index (χ0n) is 32.7. The molecule has 0 aliphatic carbocycles. The van der Waals surface area contributed by atoms with Gasteiger partial charge >= 0.3 is 0 Å². The number of rotatable bonds is 0. The van der Waals surface area contributed by atoms with Gasteiger partial charge in [0.2, 0.25) is 13.4 Å². The highest BCUT2D eigenvalue weighted by Gasteiger charge is 2.42. The Morgan fingerprint density at radius 1 is 0.323 bits per heavy atom. The summed E-state index contributed by atoms with van der Waals surface area (Å²) in [6.07, 6.45) is 0. The molecule has 4 aliphatic heterocycles. The van der Waals surface area contributed by atoms with Crippen molar-refractivity contribution in [2.24, 2.45) is 0 Å². The van der Waals surface area contributed by atoms with E-state index in [-0.39, 0.29) is 13.4 Å². The van der Waals surface area contributed by atoms with Gasteiger partial charge in [-0.1, -0.05) is 132 Å². The molecule has 8 heterocycles. The fourth-order valence-electron chi connectivity index (χ4n) is 12.2. The minimum atomic E-state index is 0.166. The number of hydrogen-bond acceptors (Lipinski definition) is 4. The zero-order chi connectivity index (χ0) is 39.7. The van der Waals surface area contributed by atoms with E-state index in [4.69, 9.17) is 0 Å². The molecule has 9 aromatic carbocycles. The second-order valence-corrected chi connectivity index (χ2v) is 21.8. The minimum absolute atomic E-state index is 0.166. The first-order valence-corrected chi connectivity index (χ1v) is 24.6. The lowest BCUT2D eigenvalue weighted by atomic mass is 9.35. The number of nitrogens with zero attached hydrogens (tertiary/aromatic N) is 2. The number of fused-ring (bicyclic) bond motifs is 20. The molecule has 0 saturated carbocycles. The Balaban J connectivity index is 0.954. The molecule has 0 radical (unpaired) electrons. The molecule has 0 saturated heterocycles. The van der Waals surface area contributed by atoms with Crippen LogP contribution in [0.4, 0.5) is 0 Å². The highest BCUT2D eigenvalue weighted by molar-refractivity contribution is 8.00. The number of benzene rings is 9. The fourth-order valence-corrected chi connectivity index (χ4v) is 17.0. The van der Waals surface area contributed by atoms with E-state index in [1.807, 2.05) is 46.2 Å². The van der Waals surface area contributed by atoms with Crippen molar-refractivity contribution < 1.29 is 0 Å². The Hall–Kier alpha value is -6.15. The van der Waals surface area contributed by atoms with Gasteiger partial charge in [-0.25, -0.2) is 0 Å². The molecule has 0 unspecified atom stereocenters. The van der Waals surface area contributed by atoms with E-state index >= 15 is 0 Å². The molecule has 17 rings (SSSR count). The average Bonchev–Trinajstić information content (AvgIpc) is 4.05. The van der Waals surface area contributed by atoms with Gasteiger partial charge in [0, 0.05) is 93.1 Å². The molecule has 0 bridgehead atoms. The van der Waals surface area contributed by atoms with E-state index in [9.17, 15) is 0 Å². The van der Waals surface area contributed by atoms with Crippen molar-refractivity contribution in [3.8, 4) is 11.4 Å². The standard InChI is InChI=1S/C54H26B2N2S4/c1-3-17-43-27(9-1)33-22-37-49(25-47(33)59-43)61-45-19-7-15-39-51(45)55(37)35-13-5-11-29-31-21-32-30-12-6-14-36-54(30)58(42(32)24-41(31)57(39)53(29)35)40-16-8-20-46-52(40)56(36)38-23-34-28-10-2-4-18-44(28)60-48(34)26-50(38)62-46/h1-26H. The van der Waals surface area contributed by atoms with Crippen LogP contribution in [0.2, 0.25) is 0 Å². The fraction of sp³-hybridized carbons (Fsp3) is 0. The monoisotopic (exact) mass is 852 g/mol. The van der Waals surface area contributed by atoms with Crippen molar-refractivity contribution in [2.45, 2.75) is 19.6 Å². The first-order valence-electron chi connectivity index (χ1n) is 21.3. The predicted octanol–water partition coefficient (Wildman–Crippen LogP) is 11.2. The molecule has 282 valence electrons. The molecule has 0 fully saturated rings. The van der Waals surface area contributed by atoms with Gasteiger partial charge in [-0.2, -0.15) is 0 Å². The third-order valence-electron chi connectivity index (χ3n) is 14.6. The first-order chi connectivity index (χ1) is 30.7. The van der Waals surface area contributed by atoms with Crippen LogP contribution in [0, 0.1) is 0 Å². The van der Waals surface area contributed by atoms with Gasteiger partial charge < -0.3 is 9.13 Å². The highest BCUT2D eigenvalue weighted by Crippen LogP contribution is 2.46. The number of aromatic nitrogens is 2. The highest BCUT2D eigenvalue weighted by atomic mass is 32.2. The number of para-hydroxylation sites is 2. The van der Waals surface area contributed by atoms with Crippen LogP contribution in [0.5, 0.6) is 0 Å².